The first-order valence-electron chi connectivity index (χ1n) is 5.39. The van der Waals surface area contributed by atoms with E-state index in [2.05, 4.69) is 24.8 Å². The summed E-state index contributed by atoms with van der Waals surface area (Å²) >= 11 is 0. The summed E-state index contributed by atoms with van der Waals surface area (Å²) in [7, 11) is 0. The fraction of sp³-hybridized carbons (Fsp3) is 0.556. The van der Waals surface area contributed by atoms with Gasteiger partial charge in [-0.2, -0.15) is 0 Å². The van der Waals surface area contributed by atoms with Crippen molar-refractivity contribution in [1.29, 1.82) is 0 Å². The number of hydrogen-bond acceptors (Lipinski definition) is 5. The summed E-state index contributed by atoms with van der Waals surface area (Å²) < 4.78 is 3.85. The normalized spacial score (nSPS) is 15.0. The second-order valence-electron chi connectivity index (χ2n) is 3.94. The summed E-state index contributed by atoms with van der Waals surface area (Å²) in [5.74, 6) is 2.30. The fourth-order valence-electron chi connectivity index (χ4n) is 2.02. The van der Waals surface area contributed by atoms with Gasteiger partial charge in [0.25, 0.3) is 0 Å². The topological polar surface area (TPSA) is 87.4 Å². The van der Waals surface area contributed by atoms with Crippen LogP contribution in [0.3, 0.4) is 0 Å². The second-order valence-corrected chi connectivity index (χ2v) is 3.94. The van der Waals surface area contributed by atoms with Crippen molar-refractivity contribution in [2.45, 2.75) is 32.4 Å². The van der Waals surface area contributed by atoms with Gasteiger partial charge in [-0.05, 0) is 12.8 Å². The molecule has 2 N–H and O–H groups in total. The van der Waals surface area contributed by atoms with Crippen molar-refractivity contribution in [3.05, 3.63) is 18.0 Å². The van der Waals surface area contributed by atoms with E-state index in [1.54, 1.807) is 11.0 Å². The van der Waals surface area contributed by atoms with Gasteiger partial charge >= 0.3 is 0 Å². The van der Waals surface area contributed by atoms with Crippen molar-refractivity contribution >= 4 is 5.95 Å². The summed E-state index contributed by atoms with van der Waals surface area (Å²) in [6.07, 6.45) is 5.03. The molecular weight excluding hydrogens is 206 g/mol. The van der Waals surface area contributed by atoms with Gasteiger partial charge in [-0.1, -0.05) is 0 Å². The van der Waals surface area contributed by atoms with E-state index >= 15 is 0 Å². The average molecular weight is 219 g/mol. The third kappa shape index (κ3) is 1.54. The van der Waals surface area contributed by atoms with Crippen molar-refractivity contribution < 1.29 is 0 Å². The van der Waals surface area contributed by atoms with E-state index in [4.69, 9.17) is 5.73 Å². The molecule has 0 bridgehead atoms. The van der Waals surface area contributed by atoms with Gasteiger partial charge in [0.05, 0.1) is 0 Å². The summed E-state index contributed by atoms with van der Waals surface area (Å²) in [5.41, 5.74) is 5.46. The molecule has 0 unspecified atom stereocenters. The van der Waals surface area contributed by atoms with E-state index in [-0.39, 0.29) is 0 Å². The lowest BCUT2D eigenvalue weighted by Crippen LogP contribution is -2.15. The van der Waals surface area contributed by atoms with Crippen LogP contribution in [0, 0.1) is 0 Å². The molecule has 0 aromatic carbocycles. The van der Waals surface area contributed by atoms with E-state index in [0.29, 0.717) is 12.5 Å². The lowest BCUT2D eigenvalue weighted by Gasteiger charge is -2.14. The fourth-order valence-corrected chi connectivity index (χ4v) is 2.02. The van der Waals surface area contributed by atoms with Crippen LogP contribution in [-0.4, -0.2) is 29.5 Å². The summed E-state index contributed by atoms with van der Waals surface area (Å²) in [6.45, 7) is 1.58. The van der Waals surface area contributed by atoms with E-state index in [9.17, 15) is 0 Å². The molecule has 1 aliphatic rings. The molecule has 2 aromatic heterocycles. The smallest absolute Gasteiger partial charge is 0.239 e. The predicted octanol–water partition coefficient (Wildman–Crippen LogP) is -0.164. The summed E-state index contributed by atoms with van der Waals surface area (Å²) in [4.78, 5) is 3.88. The minimum absolute atomic E-state index is 0.290. The van der Waals surface area contributed by atoms with Gasteiger partial charge in [0.1, 0.15) is 18.7 Å². The third-order valence-corrected chi connectivity index (χ3v) is 2.79. The standard InChI is InChI=1S/C9H13N7/c10-9-11-6-15(14-9)5-8-13-12-7-3-1-2-4-16(7)8/h6H,1-5H2,(H2,10,14). The number of rotatable bonds is 2. The zero-order valence-electron chi connectivity index (χ0n) is 8.87. The molecule has 7 nitrogen and oxygen atoms in total. The average Bonchev–Trinajstić information content (AvgIpc) is 2.87. The molecular formula is C9H13N7. The van der Waals surface area contributed by atoms with E-state index in [0.717, 1.165) is 24.6 Å². The number of nitrogen functional groups attached to an aromatic ring is 1. The maximum atomic E-state index is 5.46. The van der Waals surface area contributed by atoms with Crippen LogP contribution in [0.25, 0.3) is 0 Å². The number of anilines is 1. The number of nitrogens with zero attached hydrogens (tertiary/aromatic N) is 6. The largest absolute Gasteiger partial charge is 0.367 e. The van der Waals surface area contributed by atoms with Crippen LogP contribution in [-0.2, 0) is 19.5 Å². The highest BCUT2D eigenvalue weighted by Gasteiger charge is 2.15. The van der Waals surface area contributed by atoms with Crippen LogP contribution in [0.15, 0.2) is 6.33 Å². The second kappa shape index (κ2) is 3.58. The minimum Gasteiger partial charge on any atom is -0.367 e. The van der Waals surface area contributed by atoms with Crippen LogP contribution in [0.1, 0.15) is 24.5 Å². The zero-order chi connectivity index (χ0) is 11.0. The van der Waals surface area contributed by atoms with Gasteiger partial charge in [0.2, 0.25) is 5.95 Å². The molecule has 0 aliphatic carbocycles. The van der Waals surface area contributed by atoms with Crippen LogP contribution in [0.4, 0.5) is 5.95 Å². The molecule has 0 spiro atoms. The van der Waals surface area contributed by atoms with Crippen molar-refractivity contribution in [1.82, 2.24) is 29.5 Å². The van der Waals surface area contributed by atoms with Crippen LogP contribution >= 0.6 is 0 Å². The molecule has 1 aliphatic heterocycles. The third-order valence-electron chi connectivity index (χ3n) is 2.79. The Hall–Kier alpha value is -1.92. The van der Waals surface area contributed by atoms with Gasteiger partial charge in [0, 0.05) is 13.0 Å². The van der Waals surface area contributed by atoms with E-state index in [1.807, 2.05) is 0 Å². The summed E-state index contributed by atoms with van der Waals surface area (Å²) in [6, 6.07) is 0. The van der Waals surface area contributed by atoms with Crippen molar-refractivity contribution in [2.75, 3.05) is 5.73 Å². The highest BCUT2D eigenvalue weighted by Crippen LogP contribution is 2.14. The molecule has 7 heteroatoms. The highest BCUT2D eigenvalue weighted by atomic mass is 15.4. The monoisotopic (exact) mass is 219 g/mol. The molecule has 0 fully saturated rings. The molecule has 0 atom stereocenters. The molecule has 2 aromatic rings. The molecule has 16 heavy (non-hydrogen) atoms. The maximum Gasteiger partial charge on any atom is 0.239 e. The summed E-state index contributed by atoms with van der Waals surface area (Å²) in [5, 5.41) is 12.4. The number of fused-ring (bicyclic) bond motifs is 1. The maximum absolute atomic E-state index is 5.46. The molecule has 3 rings (SSSR count). The van der Waals surface area contributed by atoms with Crippen LogP contribution in [0.5, 0.6) is 0 Å². The first-order chi connectivity index (χ1) is 7.83. The van der Waals surface area contributed by atoms with Gasteiger partial charge in [-0.3, -0.25) is 0 Å². The minimum atomic E-state index is 0.290. The lowest BCUT2D eigenvalue weighted by atomic mass is 10.2. The number of hydrogen-bond donors (Lipinski definition) is 1. The quantitative estimate of drug-likeness (QED) is 0.758. The van der Waals surface area contributed by atoms with Gasteiger partial charge in [-0.15, -0.1) is 15.3 Å². The molecule has 0 amide bonds. The van der Waals surface area contributed by atoms with Crippen molar-refractivity contribution in [3.63, 3.8) is 0 Å². The zero-order valence-corrected chi connectivity index (χ0v) is 8.87. The Morgan fingerprint density at radius 1 is 1.31 bits per heavy atom. The van der Waals surface area contributed by atoms with E-state index < -0.39 is 0 Å². The van der Waals surface area contributed by atoms with Gasteiger partial charge < -0.3 is 10.3 Å². The van der Waals surface area contributed by atoms with Crippen LogP contribution < -0.4 is 5.73 Å². The van der Waals surface area contributed by atoms with Crippen LogP contribution in [0.2, 0.25) is 0 Å². The SMILES string of the molecule is Nc1ncn(Cc2nnc3n2CCCC3)n1. The first kappa shape index (κ1) is 9.32. The van der Waals surface area contributed by atoms with Crippen molar-refractivity contribution in [2.24, 2.45) is 0 Å². The molecule has 84 valence electrons. The number of aromatic nitrogens is 6. The molecule has 0 radical (unpaired) electrons. The number of aryl methyl sites for hydroxylation is 1. The Bertz CT molecular complexity index is 498. The molecule has 3 heterocycles. The molecule has 0 saturated carbocycles. The Morgan fingerprint density at radius 2 is 2.25 bits per heavy atom. The van der Waals surface area contributed by atoms with Gasteiger partial charge in [0.15, 0.2) is 5.82 Å². The Kier molecular flexibility index (Phi) is 2.09. The lowest BCUT2D eigenvalue weighted by molar-refractivity contribution is 0.496. The highest BCUT2D eigenvalue weighted by molar-refractivity contribution is 5.10. The Morgan fingerprint density at radius 3 is 3.06 bits per heavy atom. The van der Waals surface area contributed by atoms with Crippen molar-refractivity contribution in [3.8, 4) is 0 Å². The Balaban J connectivity index is 1.87. The number of nitrogens with two attached hydrogens (primary N) is 1. The van der Waals surface area contributed by atoms with Gasteiger partial charge in [-0.25, -0.2) is 9.67 Å². The molecule has 0 saturated heterocycles. The Labute approximate surface area is 92.3 Å². The van der Waals surface area contributed by atoms with E-state index in [1.165, 1.54) is 12.8 Å². The predicted molar refractivity (Wildman–Crippen MR) is 56.5 cm³/mol. The first-order valence-corrected chi connectivity index (χ1v) is 5.39.